The fraction of sp³-hybridized carbons (Fsp3) is 0.538. The first-order chi connectivity index (χ1) is 8.70. The van der Waals surface area contributed by atoms with Crippen molar-refractivity contribution in [3.05, 3.63) is 29.8 Å². The van der Waals surface area contributed by atoms with Crippen molar-refractivity contribution in [2.24, 2.45) is 11.8 Å². The number of nitrogens with zero attached hydrogens (tertiary/aromatic N) is 1. The number of nitrogens with one attached hydrogen (secondary N) is 1. The molecule has 0 aromatic carbocycles. The van der Waals surface area contributed by atoms with E-state index in [0.717, 1.165) is 19.0 Å². The van der Waals surface area contributed by atoms with Crippen LogP contribution >= 0.6 is 11.6 Å². The van der Waals surface area contributed by atoms with Crippen molar-refractivity contribution in [3.8, 4) is 0 Å². The molecule has 2 unspecified atom stereocenters. The van der Waals surface area contributed by atoms with Crippen molar-refractivity contribution >= 4 is 17.5 Å². The third-order valence-electron chi connectivity index (χ3n) is 3.50. The zero-order valence-corrected chi connectivity index (χ0v) is 10.8. The van der Waals surface area contributed by atoms with E-state index in [0.29, 0.717) is 24.3 Å². The summed E-state index contributed by atoms with van der Waals surface area (Å²) in [4.78, 5) is 15.5. The predicted octanol–water partition coefficient (Wildman–Crippen LogP) is 2.61. The van der Waals surface area contributed by atoms with E-state index >= 15 is 0 Å². The van der Waals surface area contributed by atoms with Gasteiger partial charge in [0, 0.05) is 12.4 Å². The van der Waals surface area contributed by atoms with Gasteiger partial charge in [-0.15, -0.1) is 11.6 Å². The van der Waals surface area contributed by atoms with Crippen LogP contribution in [0.4, 0.5) is 4.39 Å². The summed E-state index contributed by atoms with van der Waals surface area (Å²) in [6.45, 7) is 0.620. The first-order valence-electron chi connectivity index (χ1n) is 6.16. The van der Waals surface area contributed by atoms with Gasteiger partial charge in [0.15, 0.2) is 0 Å². The molecule has 0 spiro atoms. The van der Waals surface area contributed by atoms with Crippen molar-refractivity contribution in [2.75, 3.05) is 12.4 Å². The van der Waals surface area contributed by atoms with Crippen molar-refractivity contribution in [2.45, 2.75) is 19.3 Å². The fourth-order valence-electron chi connectivity index (χ4n) is 2.41. The molecule has 3 nitrogen and oxygen atoms in total. The second kappa shape index (κ2) is 6.14. The molecule has 0 saturated heterocycles. The number of rotatable bonds is 4. The number of carbonyl (C=O) groups is 1. The minimum atomic E-state index is -0.440. The van der Waals surface area contributed by atoms with Gasteiger partial charge in [0.1, 0.15) is 11.5 Å². The maximum absolute atomic E-state index is 12.7. The van der Waals surface area contributed by atoms with Crippen LogP contribution in [0.25, 0.3) is 0 Å². The molecular weight excluding hydrogens is 255 g/mol. The Kier molecular flexibility index (Phi) is 4.53. The number of halogens is 2. The van der Waals surface area contributed by atoms with Crippen molar-refractivity contribution < 1.29 is 9.18 Å². The number of alkyl halides is 1. The lowest BCUT2D eigenvalue weighted by Crippen LogP contribution is -2.31. The lowest BCUT2D eigenvalue weighted by molar-refractivity contribution is 0.0939. The van der Waals surface area contributed by atoms with Gasteiger partial charge >= 0.3 is 0 Å². The highest BCUT2D eigenvalue weighted by Gasteiger charge is 2.26. The van der Waals surface area contributed by atoms with E-state index in [1.54, 1.807) is 0 Å². The zero-order valence-electron chi connectivity index (χ0n) is 10.0. The number of hydrogen-bond donors (Lipinski definition) is 1. The SMILES string of the molecule is O=C(NCC1CCCC1CCl)c1ccc(F)cn1. The van der Waals surface area contributed by atoms with Gasteiger partial charge in [0.05, 0.1) is 6.20 Å². The molecule has 1 aliphatic rings. The van der Waals surface area contributed by atoms with Crippen LogP contribution in [0.3, 0.4) is 0 Å². The molecule has 18 heavy (non-hydrogen) atoms. The summed E-state index contributed by atoms with van der Waals surface area (Å²) in [6, 6.07) is 2.62. The van der Waals surface area contributed by atoms with Gasteiger partial charge in [-0.2, -0.15) is 0 Å². The Morgan fingerprint density at radius 1 is 1.44 bits per heavy atom. The van der Waals surface area contributed by atoms with Gasteiger partial charge in [-0.25, -0.2) is 9.37 Å². The van der Waals surface area contributed by atoms with Crippen LogP contribution in [0.2, 0.25) is 0 Å². The highest BCUT2D eigenvalue weighted by molar-refractivity contribution is 6.18. The molecule has 1 heterocycles. The van der Waals surface area contributed by atoms with Gasteiger partial charge in [-0.1, -0.05) is 6.42 Å². The fourth-order valence-corrected chi connectivity index (χ4v) is 2.82. The molecular formula is C13H16ClFN2O. The first kappa shape index (κ1) is 13.3. The molecule has 1 aromatic heterocycles. The van der Waals surface area contributed by atoms with Gasteiger partial charge in [0.25, 0.3) is 5.91 Å². The molecule has 0 radical (unpaired) electrons. The normalized spacial score (nSPS) is 23.0. The first-order valence-corrected chi connectivity index (χ1v) is 6.70. The Hall–Kier alpha value is -1.16. The summed E-state index contributed by atoms with van der Waals surface area (Å²) in [7, 11) is 0. The van der Waals surface area contributed by atoms with Crippen molar-refractivity contribution in [1.82, 2.24) is 10.3 Å². The third kappa shape index (κ3) is 3.19. The van der Waals surface area contributed by atoms with E-state index in [2.05, 4.69) is 10.3 Å². The molecule has 2 rings (SSSR count). The summed E-state index contributed by atoms with van der Waals surface area (Å²) in [5, 5.41) is 2.84. The van der Waals surface area contributed by atoms with Crippen molar-refractivity contribution in [3.63, 3.8) is 0 Å². The standard InChI is InChI=1S/C13H16ClFN2O/c14-6-9-2-1-3-10(9)7-17-13(18)12-5-4-11(15)8-16-12/h4-5,8-10H,1-3,6-7H2,(H,17,18). The van der Waals surface area contributed by atoms with Crippen LogP contribution in [-0.2, 0) is 0 Å². The average Bonchev–Trinajstić information content (AvgIpc) is 2.84. The second-order valence-electron chi connectivity index (χ2n) is 4.68. The third-order valence-corrected chi connectivity index (χ3v) is 3.90. The van der Waals surface area contributed by atoms with E-state index in [9.17, 15) is 9.18 Å². The number of pyridine rings is 1. The lowest BCUT2D eigenvalue weighted by Gasteiger charge is -2.17. The largest absolute Gasteiger partial charge is 0.350 e. The topological polar surface area (TPSA) is 42.0 Å². The van der Waals surface area contributed by atoms with E-state index < -0.39 is 5.82 Å². The number of amides is 1. The minimum absolute atomic E-state index is 0.247. The summed E-state index contributed by atoms with van der Waals surface area (Å²) in [6.07, 6.45) is 4.46. The Morgan fingerprint density at radius 2 is 2.22 bits per heavy atom. The molecule has 5 heteroatoms. The summed E-state index contributed by atoms with van der Waals surface area (Å²) in [5.74, 6) is 0.898. The van der Waals surface area contributed by atoms with Gasteiger partial charge in [-0.05, 0) is 36.8 Å². The maximum atomic E-state index is 12.7. The summed E-state index contributed by atoms with van der Waals surface area (Å²) >= 11 is 5.89. The van der Waals surface area contributed by atoms with E-state index in [4.69, 9.17) is 11.6 Å². The van der Waals surface area contributed by atoms with E-state index in [1.807, 2.05) is 0 Å². The van der Waals surface area contributed by atoms with Crippen LogP contribution in [0, 0.1) is 17.7 Å². The van der Waals surface area contributed by atoms with Crippen LogP contribution < -0.4 is 5.32 Å². The molecule has 1 N–H and O–H groups in total. The molecule has 0 bridgehead atoms. The molecule has 98 valence electrons. The Bertz CT molecular complexity index is 410. The summed E-state index contributed by atoms with van der Waals surface area (Å²) in [5.41, 5.74) is 0.247. The highest BCUT2D eigenvalue weighted by atomic mass is 35.5. The smallest absolute Gasteiger partial charge is 0.269 e. The number of carbonyl (C=O) groups excluding carboxylic acids is 1. The van der Waals surface area contributed by atoms with E-state index in [1.165, 1.54) is 18.6 Å². The predicted molar refractivity (Wildman–Crippen MR) is 68.1 cm³/mol. The molecule has 1 aliphatic carbocycles. The maximum Gasteiger partial charge on any atom is 0.269 e. The number of hydrogen-bond acceptors (Lipinski definition) is 2. The molecule has 0 aliphatic heterocycles. The zero-order chi connectivity index (χ0) is 13.0. The molecule has 1 fully saturated rings. The minimum Gasteiger partial charge on any atom is -0.350 e. The van der Waals surface area contributed by atoms with Crippen LogP contribution in [-0.4, -0.2) is 23.3 Å². The summed E-state index contributed by atoms with van der Waals surface area (Å²) < 4.78 is 12.7. The second-order valence-corrected chi connectivity index (χ2v) is 4.99. The Morgan fingerprint density at radius 3 is 2.89 bits per heavy atom. The quantitative estimate of drug-likeness (QED) is 0.855. The average molecular weight is 271 g/mol. The molecule has 2 atom stereocenters. The Balaban J connectivity index is 1.86. The number of aromatic nitrogens is 1. The van der Waals surface area contributed by atoms with Gasteiger partial charge in [-0.3, -0.25) is 4.79 Å². The van der Waals surface area contributed by atoms with E-state index in [-0.39, 0.29) is 11.6 Å². The van der Waals surface area contributed by atoms with Crippen LogP contribution in [0.1, 0.15) is 29.8 Å². The van der Waals surface area contributed by atoms with Gasteiger partial charge < -0.3 is 5.32 Å². The highest BCUT2D eigenvalue weighted by Crippen LogP contribution is 2.31. The van der Waals surface area contributed by atoms with Crippen LogP contribution in [0.15, 0.2) is 18.3 Å². The molecule has 1 aromatic rings. The molecule has 1 amide bonds. The monoisotopic (exact) mass is 270 g/mol. The molecule has 1 saturated carbocycles. The van der Waals surface area contributed by atoms with Gasteiger partial charge in [0.2, 0.25) is 0 Å². The van der Waals surface area contributed by atoms with Crippen molar-refractivity contribution in [1.29, 1.82) is 0 Å². The lowest BCUT2D eigenvalue weighted by atomic mass is 9.98. The van der Waals surface area contributed by atoms with Crippen LogP contribution in [0.5, 0.6) is 0 Å². The Labute approximate surface area is 111 Å².